The number of hydrogen-bond acceptors (Lipinski definition) is 9. The molecule has 0 aliphatic carbocycles. The van der Waals surface area contributed by atoms with Gasteiger partial charge in [-0.25, -0.2) is 18.2 Å². The number of hydrogen-bond donors (Lipinski definition) is 2. The SMILES string of the molecule is COC(=O)c1ccc2c(C(=Nc3ccc(N(CCN(C)C)S(C)(=O)=O)c([N+](=O)[O-])c3)c3ccccc3)c(O)[nH]c2c1. The Bertz CT molecular complexity index is 1750. The quantitative estimate of drug-likeness (QED) is 0.123. The zero-order valence-electron chi connectivity index (χ0n) is 22.9. The maximum atomic E-state index is 12.6. The van der Waals surface area contributed by atoms with E-state index in [2.05, 4.69) is 4.98 Å². The maximum absolute atomic E-state index is 12.6. The zero-order valence-corrected chi connectivity index (χ0v) is 23.7. The summed E-state index contributed by atoms with van der Waals surface area (Å²) >= 11 is 0. The Morgan fingerprint density at radius 2 is 1.76 bits per heavy atom. The molecule has 4 rings (SSSR count). The van der Waals surface area contributed by atoms with Gasteiger partial charge in [0, 0.05) is 35.6 Å². The number of nitro benzene ring substituents is 1. The van der Waals surface area contributed by atoms with Gasteiger partial charge >= 0.3 is 5.97 Å². The zero-order chi connectivity index (χ0) is 29.9. The molecule has 214 valence electrons. The summed E-state index contributed by atoms with van der Waals surface area (Å²) in [6.07, 6.45) is 0.997. The minimum atomic E-state index is -3.83. The third-order valence-electron chi connectivity index (χ3n) is 6.30. The first-order valence-electron chi connectivity index (χ1n) is 12.4. The molecule has 0 saturated carbocycles. The van der Waals surface area contributed by atoms with Crippen LogP contribution in [0, 0.1) is 10.1 Å². The van der Waals surface area contributed by atoms with Gasteiger partial charge in [0.1, 0.15) is 5.69 Å². The lowest BCUT2D eigenvalue weighted by Gasteiger charge is -2.24. The number of nitro groups is 1. The molecule has 41 heavy (non-hydrogen) atoms. The average Bonchev–Trinajstić information content (AvgIpc) is 3.25. The van der Waals surface area contributed by atoms with Gasteiger partial charge in [-0.15, -0.1) is 0 Å². The number of fused-ring (bicyclic) bond motifs is 1. The number of nitrogens with one attached hydrogen (secondary N) is 1. The lowest BCUT2D eigenvalue weighted by Crippen LogP contribution is -2.36. The summed E-state index contributed by atoms with van der Waals surface area (Å²) in [5.74, 6) is -0.761. The van der Waals surface area contributed by atoms with Gasteiger partial charge in [0.05, 0.1) is 40.8 Å². The fraction of sp³-hybridized carbons (Fsp3) is 0.214. The van der Waals surface area contributed by atoms with E-state index in [1.165, 1.54) is 25.3 Å². The van der Waals surface area contributed by atoms with Gasteiger partial charge in [0.15, 0.2) is 5.88 Å². The van der Waals surface area contributed by atoms with E-state index in [0.29, 0.717) is 34.3 Å². The number of ether oxygens (including phenoxy) is 1. The van der Waals surface area contributed by atoms with Crippen molar-refractivity contribution in [3.8, 4) is 5.88 Å². The molecule has 2 N–H and O–H groups in total. The summed E-state index contributed by atoms with van der Waals surface area (Å²) < 4.78 is 30.9. The lowest BCUT2D eigenvalue weighted by molar-refractivity contribution is -0.384. The molecule has 0 bridgehead atoms. The summed E-state index contributed by atoms with van der Waals surface area (Å²) in [6.45, 7) is 0.362. The van der Waals surface area contributed by atoms with Gasteiger partial charge in [0.25, 0.3) is 5.69 Å². The van der Waals surface area contributed by atoms with Crippen LogP contribution in [0.3, 0.4) is 0 Å². The largest absolute Gasteiger partial charge is 0.494 e. The summed E-state index contributed by atoms with van der Waals surface area (Å²) in [5, 5.41) is 23.6. The number of benzene rings is 3. The van der Waals surface area contributed by atoms with Crippen LogP contribution < -0.4 is 4.31 Å². The van der Waals surface area contributed by atoms with Crippen molar-refractivity contribution in [3.05, 3.63) is 93.5 Å². The predicted molar refractivity (Wildman–Crippen MR) is 157 cm³/mol. The molecule has 0 aliphatic heterocycles. The molecule has 0 spiro atoms. The number of likely N-dealkylation sites (N-methyl/N-ethyl adjacent to an activating group) is 1. The fourth-order valence-corrected chi connectivity index (χ4v) is 5.28. The molecular weight excluding hydrogens is 550 g/mol. The second kappa shape index (κ2) is 11.8. The first-order chi connectivity index (χ1) is 19.4. The van der Waals surface area contributed by atoms with Crippen LogP contribution in [0.4, 0.5) is 17.1 Å². The number of methoxy groups -OCH3 is 1. The summed E-state index contributed by atoms with van der Waals surface area (Å²) in [5.41, 5.74) is 1.61. The lowest BCUT2D eigenvalue weighted by atomic mass is 10.00. The van der Waals surface area contributed by atoms with E-state index >= 15 is 0 Å². The number of aromatic nitrogens is 1. The number of carbonyl (C=O) groups excluding carboxylic acids is 1. The number of esters is 1. The van der Waals surface area contributed by atoms with Crippen LogP contribution in [0.15, 0.2) is 71.7 Å². The number of aliphatic imine (C=N–C) groups is 1. The molecule has 0 amide bonds. The van der Waals surface area contributed by atoms with Crippen molar-refractivity contribution in [1.29, 1.82) is 0 Å². The highest BCUT2D eigenvalue weighted by Crippen LogP contribution is 2.36. The van der Waals surface area contributed by atoms with Crippen LogP contribution in [0.2, 0.25) is 0 Å². The Morgan fingerprint density at radius 1 is 1.05 bits per heavy atom. The van der Waals surface area contributed by atoms with Crippen molar-refractivity contribution in [3.63, 3.8) is 0 Å². The molecule has 13 heteroatoms. The Labute approximate surface area is 236 Å². The second-order valence-corrected chi connectivity index (χ2v) is 11.4. The Morgan fingerprint density at radius 3 is 2.37 bits per heavy atom. The van der Waals surface area contributed by atoms with E-state index in [1.54, 1.807) is 61.5 Å². The molecule has 4 aromatic rings. The maximum Gasteiger partial charge on any atom is 0.337 e. The van der Waals surface area contributed by atoms with E-state index in [1.807, 2.05) is 6.07 Å². The third kappa shape index (κ3) is 6.36. The second-order valence-electron chi connectivity index (χ2n) is 9.50. The molecular formula is C28H29N5O7S. The van der Waals surface area contributed by atoms with Gasteiger partial charge < -0.3 is 19.7 Å². The number of aromatic hydroxyl groups is 1. The molecule has 12 nitrogen and oxygen atoms in total. The van der Waals surface area contributed by atoms with Crippen molar-refractivity contribution in [2.24, 2.45) is 4.99 Å². The highest BCUT2D eigenvalue weighted by molar-refractivity contribution is 7.92. The normalized spacial score (nSPS) is 12.1. The van der Waals surface area contributed by atoms with Crippen LogP contribution >= 0.6 is 0 Å². The van der Waals surface area contributed by atoms with Crippen LogP contribution in [-0.4, -0.2) is 80.6 Å². The minimum absolute atomic E-state index is 0.0152. The number of H-pyrrole nitrogens is 1. The Balaban J connectivity index is 1.91. The van der Waals surface area contributed by atoms with Gasteiger partial charge in [0.2, 0.25) is 10.0 Å². The number of anilines is 1. The molecule has 1 heterocycles. The fourth-order valence-electron chi connectivity index (χ4n) is 4.35. The number of nitrogens with zero attached hydrogens (tertiary/aromatic N) is 4. The van der Waals surface area contributed by atoms with Crippen molar-refractivity contribution >= 4 is 49.7 Å². The number of aromatic amines is 1. The molecule has 0 unspecified atom stereocenters. The first-order valence-corrected chi connectivity index (χ1v) is 14.2. The van der Waals surface area contributed by atoms with Gasteiger partial charge in [-0.2, -0.15) is 0 Å². The molecule has 0 fully saturated rings. The number of sulfonamides is 1. The van der Waals surface area contributed by atoms with E-state index < -0.39 is 26.6 Å². The summed E-state index contributed by atoms with van der Waals surface area (Å²) in [6, 6.07) is 17.7. The Kier molecular flexibility index (Phi) is 8.40. The monoisotopic (exact) mass is 579 g/mol. The predicted octanol–water partition coefficient (Wildman–Crippen LogP) is 4.07. The van der Waals surface area contributed by atoms with Crippen LogP contribution in [0.1, 0.15) is 21.5 Å². The first kappa shape index (κ1) is 29.2. The van der Waals surface area contributed by atoms with Crippen LogP contribution in [-0.2, 0) is 14.8 Å². The van der Waals surface area contributed by atoms with Crippen molar-refractivity contribution in [2.45, 2.75) is 0 Å². The topological polar surface area (TPSA) is 158 Å². The number of carbonyl (C=O) groups is 1. The van der Waals surface area contributed by atoms with Crippen LogP contribution in [0.5, 0.6) is 5.88 Å². The molecule has 0 radical (unpaired) electrons. The van der Waals surface area contributed by atoms with Crippen molar-refractivity contribution < 1.29 is 28.0 Å². The highest BCUT2D eigenvalue weighted by Gasteiger charge is 2.27. The molecule has 0 saturated heterocycles. The van der Waals surface area contributed by atoms with Gasteiger partial charge in [-0.1, -0.05) is 36.4 Å². The molecule has 3 aromatic carbocycles. The summed E-state index contributed by atoms with van der Waals surface area (Å²) in [4.78, 5) is 32.8. The molecule has 0 atom stereocenters. The average molecular weight is 580 g/mol. The Hall–Kier alpha value is -4.75. The highest BCUT2D eigenvalue weighted by atomic mass is 32.2. The van der Waals surface area contributed by atoms with E-state index in [0.717, 1.165) is 10.6 Å². The van der Waals surface area contributed by atoms with E-state index in [9.17, 15) is 28.4 Å². The molecule has 0 aliphatic rings. The summed E-state index contributed by atoms with van der Waals surface area (Å²) in [7, 11) is 0.985. The minimum Gasteiger partial charge on any atom is -0.494 e. The van der Waals surface area contributed by atoms with Gasteiger partial charge in [-0.05, 0) is 38.4 Å². The number of rotatable bonds is 10. The molecule has 1 aromatic heterocycles. The van der Waals surface area contributed by atoms with Crippen molar-refractivity contribution in [1.82, 2.24) is 9.88 Å². The van der Waals surface area contributed by atoms with E-state index in [-0.39, 0.29) is 29.4 Å². The van der Waals surface area contributed by atoms with Crippen LogP contribution in [0.25, 0.3) is 10.9 Å². The van der Waals surface area contributed by atoms with Gasteiger partial charge in [-0.3, -0.25) is 14.4 Å². The van der Waals surface area contributed by atoms with E-state index in [4.69, 9.17) is 9.73 Å². The smallest absolute Gasteiger partial charge is 0.337 e. The third-order valence-corrected chi connectivity index (χ3v) is 7.48. The standard InChI is InChI=1S/C28H29N5O7S/c1-31(2)14-15-32(41(4,38)39)23-13-11-20(17-24(23)33(36)37)29-26(18-8-6-5-7-9-18)25-21-12-10-19(28(35)40-3)16-22(21)30-27(25)34/h5-13,16-17,30,34H,14-15H2,1-4H3. The van der Waals surface area contributed by atoms with Crippen molar-refractivity contribution in [2.75, 3.05) is 44.9 Å².